The Labute approximate surface area is 189 Å². The van der Waals surface area contributed by atoms with Crippen molar-refractivity contribution in [2.24, 2.45) is 4.99 Å². The Kier molecular flexibility index (Phi) is 9.82. The molecule has 1 saturated heterocycles. The highest BCUT2D eigenvalue weighted by atomic mass is 127. The molecule has 1 aliphatic rings. The Morgan fingerprint density at radius 1 is 1.07 bits per heavy atom. The SMILES string of the molecule is CN=C(NCCOc1ccc(OC)cc1)NCc1ccc(N2CCCC2)nc1.I. The Balaban J connectivity index is 0.00000300. The molecule has 0 radical (unpaired) electrons. The van der Waals surface area contributed by atoms with Crippen LogP contribution in [0.4, 0.5) is 5.82 Å². The van der Waals surface area contributed by atoms with E-state index in [0.717, 1.165) is 41.9 Å². The van der Waals surface area contributed by atoms with Crippen molar-refractivity contribution in [2.75, 3.05) is 45.3 Å². The number of guanidine groups is 1. The number of aromatic nitrogens is 1. The summed E-state index contributed by atoms with van der Waals surface area (Å²) in [7, 11) is 3.41. The fourth-order valence-electron chi connectivity index (χ4n) is 3.07. The monoisotopic (exact) mass is 511 g/mol. The van der Waals surface area contributed by atoms with Gasteiger partial charge in [0.05, 0.1) is 13.7 Å². The predicted octanol–water partition coefficient (Wildman–Crippen LogP) is 3.05. The van der Waals surface area contributed by atoms with Gasteiger partial charge in [0.15, 0.2) is 5.96 Å². The molecule has 1 aliphatic heterocycles. The quantitative estimate of drug-likeness (QED) is 0.246. The number of anilines is 1. The van der Waals surface area contributed by atoms with Crippen molar-refractivity contribution in [3.05, 3.63) is 48.2 Å². The van der Waals surface area contributed by atoms with Crippen molar-refractivity contribution >= 4 is 35.8 Å². The molecule has 1 aromatic heterocycles. The van der Waals surface area contributed by atoms with Crippen LogP contribution in [0.2, 0.25) is 0 Å². The van der Waals surface area contributed by atoms with E-state index < -0.39 is 0 Å². The Hall–Kier alpha value is -2.23. The van der Waals surface area contributed by atoms with Crippen LogP contribution in [0.5, 0.6) is 11.5 Å². The summed E-state index contributed by atoms with van der Waals surface area (Å²) in [6.07, 6.45) is 4.45. The minimum absolute atomic E-state index is 0. The molecular formula is C21H30IN5O2. The first-order valence-corrected chi connectivity index (χ1v) is 9.70. The van der Waals surface area contributed by atoms with Crippen LogP contribution < -0.4 is 25.0 Å². The van der Waals surface area contributed by atoms with E-state index in [1.807, 2.05) is 30.5 Å². The lowest BCUT2D eigenvalue weighted by atomic mass is 10.3. The third-order valence-corrected chi connectivity index (χ3v) is 4.65. The van der Waals surface area contributed by atoms with Gasteiger partial charge in [-0.1, -0.05) is 6.07 Å². The second-order valence-corrected chi connectivity index (χ2v) is 6.60. The minimum atomic E-state index is 0. The molecule has 0 aliphatic carbocycles. The van der Waals surface area contributed by atoms with Crippen LogP contribution >= 0.6 is 24.0 Å². The minimum Gasteiger partial charge on any atom is -0.497 e. The predicted molar refractivity (Wildman–Crippen MR) is 128 cm³/mol. The number of rotatable bonds is 8. The summed E-state index contributed by atoms with van der Waals surface area (Å²) in [6, 6.07) is 11.8. The van der Waals surface area contributed by atoms with Crippen LogP contribution in [-0.2, 0) is 6.54 Å². The molecule has 0 atom stereocenters. The van der Waals surface area contributed by atoms with Crippen LogP contribution in [-0.4, -0.2) is 51.3 Å². The summed E-state index contributed by atoms with van der Waals surface area (Å²) in [5.41, 5.74) is 1.13. The molecule has 2 N–H and O–H groups in total. The molecule has 1 aromatic carbocycles. The maximum Gasteiger partial charge on any atom is 0.191 e. The van der Waals surface area contributed by atoms with Gasteiger partial charge < -0.3 is 25.0 Å². The fraction of sp³-hybridized carbons (Fsp3) is 0.429. The van der Waals surface area contributed by atoms with Crippen LogP contribution in [0.25, 0.3) is 0 Å². The Bertz CT molecular complexity index is 747. The highest BCUT2D eigenvalue weighted by molar-refractivity contribution is 14.0. The molecule has 2 aromatic rings. The number of hydrogen-bond acceptors (Lipinski definition) is 5. The van der Waals surface area contributed by atoms with Gasteiger partial charge in [0.1, 0.15) is 23.9 Å². The molecule has 0 unspecified atom stereocenters. The molecular weight excluding hydrogens is 481 g/mol. The first kappa shape index (κ1) is 23.1. The number of ether oxygens (including phenoxy) is 2. The number of halogens is 1. The Morgan fingerprint density at radius 3 is 2.41 bits per heavy atom. The lowest BCUT2D eigenvalue weighted by molar-refractivity contribution is 0.321. The average molecular weight is 511 g/mol. The van der Waals surface area contributed by atoms with Gasteiger partial charge in [-0.25, -0.2) is 4.98 Å². The van der Waals surface area contributed by atoms with Crippen LogP contribution in [0, 0.1) is 0 Å². The number of nitrogens with zero attached hydrogens (tertiary/aromatic N) is 3. The topological polar surface area (TPSA) is 71.0 Å². The normalized spacial score (nSPS) is 13.6. The standard InChI is InChI=1S/C21H29N5O2.HI/c1-22-21(23-11-14-28-19-8-6-18(27-2)7-9-19)25-16-17-5-10-20(24-15-17)26-12-3-4-13-26;/h5-10,15H,3-4,11-14,16H2,1-2H3,(H2,22,23,25);1H. The summed E-state index contributed by atoms with van der Waals surface area (Å²) in [5.74, 6) is 3.44. The smallest absolute Gasteiger partial charge is 0.191 e. The van der Waals surface area contributed by atoms with Crippen LogP contribution in [0.15, 0.2) is 47.6 Å². The van der Waals surface area contributed by atoms with Gasteiger partial charge >= 0.3 is 0 Å². The maximum absolute atomic E-state index is 5.71. The number of nitrogens with one attached hydrogen (secondary N) is 2. The zero-order valence-electron chi connectivity index (χ0n) is 17.1. The van der Waals surface area contributed by atoms with E-state index in [1.165, 1.54) is 12.8 Å². The lowest BCUT2D eigenvalue weighted by Gasteiger charge is -2.16. The highest BCUT2D eigenvalue weighted by Crippen LogP contribution is 2.18. The van der Waals surface area contributed by atoms with Crippen LogP contribution in [0.1, 0.15) is 18.4 Å². The van der Waals surface area contributed by atoms with E-state index in [4.69, 9.17) is 9.47 Å². The molecule has 29 heavy (non-hydrogen) atoms. The summed E-state index contributed by atoms with van der Waals surface area (Å²) in [6.45, 7) is 4.09. The zero-order chi connectivity index (χ0) is 19.6. The molecule has 158 valence electrons. The van der Waals surface area contributed by atoms with Gasteiger partial charge in [0.25, 0.3) is 0 Å². The second kappa shape index (κ2) is 12.4. The van der Waals surface area contributed by atoms with E-state index in [9.17, 15) is 0 Å². The van der Waals surface area contributed by atoms with Gasteiger partial charge in [-0.2, -0.15) is 0 Å². The van der Waals surface area contributed by atoms with Gasteiger partial charge in [-0.15, -0.1) is 24.0 Å². The number of benzene rings is 1. The van der Waals surface area contributed by atoms with E-state index in [2.05, 4.69) is 37.6 Å². The van der Waals surface area contributed by atoms with Crippen molar-refractivity contribution in [1.29, 1.82) is 0 Å². The summed E-state index contributed by atoms with van der Waals surface area (Å²) in [4.78, 5) is 11.2. The summed E-state index contributed by atoms with van der Waals surface area (Å²) in [5, 5.41) is 6.55. The van der Waals surface area contributed by atoms with Crippen LogP contribution in [0.3, 0.4) is 0 Å². The summed E-state index contributed by atoms with van der Waals surface area (Å²) >= 11 is 0. The lowest BCUT2D eigenvalue weighted by Crippen LogP contribution is -2.38. The molecule has 7 nitrogen and oxygen atoms in total. The van der Waals surface area contributed by atoms with Crippen molar-refractivity contribution in [2.45, 2.75) is 19.4 Å². The largest absolute Gasteiger partial charge is 0.497 e. The number of hydrogen-bond donors (Lipinski definition) is 2. The highest BCUT2D eigenvalue weighted by Gasteiger charge is 2.12. The molecule has 0 amide bonds. The number of pyridine rings is 1. The molecule has 8 heteroatoms. The third-order valence-electron chi connectivity index (χ3n) is 4.65. The Morgan fingerprint density at radius 2 is 1.79 bits per heavy atom. The van der Waals surface area contributed by atoms with Crippen molar-refractivity contribution in [1.82, 2.24) is 15.6 Å². The van der Waals surface area contributed by atoms with Crippen molar-refractivity contribution < 1.29 is 9.47 Å². The van der Waals surface area contributed by atoms with Crippen molar-refractivity contribution in [3.8, 4) is 11.5 Å². The van der Waals surface area contributed by atoms with E-state index in [0.29, 0.717) is 19.7 Å². The van der Waals surface area contributed by atoms with Gasteiger partial charge in [0, 0.05) is 32.9 Å². The van der Waals surface area contributed by atoms with Crippen molar-refractivity contribution in [3.63, 3.8) is 0 Å². The first-order valence-electron chi connectivity index (χ1n) is 9.70. The third kappa shape index (κ3) is 7.26. The zero-order valence-corrected chi connectivity index (χ0v) is 19.4. The maximum atomic E-state index is 5.71. The van der Waals surface area contributed by atoms with Gasteiger partial charge in [0.2, 0.25) is 0 Å². The molecule has 0 bridgehead atoms. The second-order valence-electron chi connectivity index (χ2n) is 6.60. The average Bonchev–Trinajstić information content (AvgIpc) is 3.29. The molecule has 0 spiro atoms. The molecule has 0 saturated carbocycles. The summed E-state index contributed by atoms with van der Waals surface area (Å²) < 4.78 is 10.8. The number of aliphatic imine (C=N–C) groups is 1. The van der Waals surface area contributed by atoms with Gasteiger partial charge in [-0.05, 0) is 48.7 Å². The van der Waals surface area contributed by atoms with E-state index >= 15 is 0 Å². The van der Waals surface area contributed by atoms with E-state index in [-0.39, 0.29) is 24.0 Å². The van der Waals surface area contributed by atoms with E-state index in [1.54, 1.807) is 14.2 Å². The fourth-order valence-corrected chi connectivity index (χ4v) is 3.07. The first-order chi connectivity index (χ1) is 13.8. The number of methoxy groups -OCH3 is 1. The molecule has 2 heterocycles. The molecule has 3 rings (SSSR count). The molecule has 1 fully saturated rings. The van der Waals surface area contributed by atoms with Gasteiger partial charge in [-0.3, -0.25) is 4.99 Å².